The first-order valence-electron chi connectivity index (χ1n) is 8.98. The summed E-state index contributed by atoms with van der Waals surface area (Å²) in [6, 6.07) is 6.89. The summed E-state index contributed by atoms with van der Waals surface area (Å²) in [4.78, 5) is 27.8. The first kappa shape index (κ1) is 18.0. The van der Waals surface area contributed by atoms with Crippen molar-refractivity contribution in [2.45, 2.75) is 37.6 Å². The van der Waals surface area contributed by atoms with Crippen LogP contribution >= 0.6 is 11.6 Å². The van der Waals surface area contributed by atoms with E-state index in [1.807, 2.05) is 0 Å². The molecule has 0 aromatic heterocycles. The summed E-state index contributed by atoms with van der Waals surface area (Å²) in [5.74, 6) is -0.220. The third-order valence-electron chi connectivity index (χ3n) is 5.61. The van der Waals surface area contributed by atoms with Gasteiger partial charge >= 0.3 is 6.03 Å². The molecule has 0 aliphatic carbocycles. The predicted octanol–water partition coefficient (Wildman–Crippen LogP) is 1.26. The van der Waals surface area contributed by atoms with E-state index in [1.165, 1.54) is 11.3 Å². The highest BCUT2D eigenvalue weighted by atomic mass is 35.5. The second-order valence-corrected chi connectivity index (χ2v) is 7.47. The number of carbonyl (C=O) groups excluding carboxylic acids is 2. The fraction of sp³-hybridized carbons (Fsp3) is 0.556. The molecule has 0 atom stereocenters. The standard InChI is InChI=1S/C18H25ClN4O2/c19-14-4-6-15(7-5-14)21-17(25)22-12-8-18(9-13-22,16(20)24)23-10-2-1-3-11-23/h4-7H,1-3,8-13H2,(H2,20,24)(H,21,25)/p+1. The number of primary amides is 1. The molecule has 3 rings (SSSR count). The molecule has 0 radical (unpaired) electrons. The van der Waals surface area contributed by atoms with Gasteiger partial charge in [0, 0.05) is 36.6 Å². The molecule has 3 amide bonds. The highest BCUT2D eigenvalue weighted by molar-refractivity contribution is 6.30. The summed E-state index contributed by atoms with van der Waals surface area (Å²) in [6.07, 6.45) is 4.78. The van der Waals surface area contributed by atoms with E-state index in [9.17, 15) is 9.59 Å². The molecule has 2 aliphatic heterocycles. The van der Waals surface area contributed by atoms with Gasteiger partial charge in [0.15, 0.2) is 5.54 Å². The number of benzene rings is 1. The molecule has 136 valence electrons. The van der Waals surface area contributed by atoms with E-state index in [1.54, 1.807) is 29.2 Å². The minimum Gasteiger partial charge on any atom is -0.364 e. The number of hydrogen-bond donors (Lipinski definition) is 3. The van der Waals surface area contributed by atoms with Crippen LogP contribution in [0.15, 0.2) is 24.3 Å². The number of hydrogen-bond acceptors (Lipinski definition) is 2. The van der Waals surface area contributed by atoms with Crippen LogP contribution in [0.2, 0.25) is 5.02 Å². The zero-order valence-corrected chi connectivity index (χ0v) is 15.1. The van der Waals surface area contributed by atoms with Gasteiger partial charge in [0.25, 0.3) is 5.91 Å². The molecule has 2 aliphatic rings. The van der Waals surface area contributed by atoms with Crippen molar-refractivity contribution in [3.05, 3.63) is 29.3 Å². The molecule has 0 unspecified atom stereocenters. The van der Waals surface area contributed by atoms with Gasteiger partial charge in [-0.3, -0.25) is 4.79 Å². The fourth-order valence-corrected chi connectivity index (χ4v) is 4.18. The second-order valence-electron chi connectivity index (χ2n) is 7.03. The summed E-state index contributed by atoms with van der Waals surface area (Å²) in [6.45, 7) is 3.09. The van der Waals surface area contributed by atoms with Gasteiger partial charge in [-0.25, -0.2) is 4.79 Å². The molecule has 0 saturated carbocycles. The molecule has 2 heterocycles. The van der Waals surface area contributed by atoms with Gasteiger partial charge in [-0.05, 0) is 43.5 Å². The molecule has 7 heteroatoms. The molecule has 25 heavy (non-hydrogen) atoms. The number of likely N-dealkylation sites (tertiary alicyclic amines) is 2. The number of quaternary nitrogens is 1. The minimum absolute atomic E-state index is 0.144. The van der Waals surface area contributed by atoms with E-state index < -0.39 is 5.54 Å². The number of anilines is 1. The van der Waals surface area contributed by atoms with Crippen molar-refractivity contribution in [2.24, 2.45) is 5.73 Å². The van der Waals surface area contributed by atoms with Crippen molar-refractivity contribution in [3.63, 3.8) is 0 Å². The van der Waals surface area contributed by atoms with Gasteiger partial charge in [0.1, 0.15) is 0 Å². The Bertz CT molecular complexity index is 620. The third kappa shape index (κ3) is 3.90. The van der Waals surface area contributed by atoms with Crippen LogP contribution in [0.25, 0.3) is 0 Å². The van der Waals surface area contributed by atoms with Crippen LogP contribution < -0.4 is 16.0 Å². The predicted molar refractivity (Wildman–Crippen MR) is 97.8 cm³/mol. The van der Waals surface area contributed by atoms with Crippen molar-refractivity contribution in [3.8, 4) is 0 Å². The zero-order valence-electron chi connectivity index (χ0n) is 14.4. The lowest BCUT2D eigenvalue weighted by Gasteiger charge is -2.45. The topological polar surface area (TPSA) is 79.9 Å². The maximum absolute atomic E-state index is 12.5. The van der Waals surface area contributed by atoms with Gasteiger partial charge in [-0.1, -0.05) is 11.6 Å². The SMILES string of the molecule is NC(=O)C1([NH+]2CCCCC2)CCN(C(=O)Nc2ccc(Cl)cc2)CC1. The lowest BCUT2D eigenvalue weighted by Crippen LogP contribution is -3.22. The third-order valence-corrected chi connectivity index (χ3v) is 5.86. The summed E-state index contributed by atoms with van der Waals surface area (Å²) in [5.41, 5.74) is 6.00. The van der Waals surface area contributed by atoms with E-state index in [2.05, 4.69) is 5.32 Å². The average molecular weight is 366 g/mol. The van der Waals surface area contributed by atoms with Gasteiger partial charge < -0.3 is 20.9 Å². The number of halogens is 1. The molecule has 0 bridgehead atoms. The van der Waals surface area contributed by atoms with Crippen LogP contribution in [0.5, 0.6) is 0 Å². The van der Waals surface area contributed by atoms with Gasteiger partial charge in [-0.15, -0.1) is 0 Å². The monoisotopic (exact) mass is 365 g/mol. The first-order valence-corrected chi connectivity index (χ1v) is 9.36. The van der Waals surface area contributed by atoms with Crippen molar-refractivity contribution >= 4 is 29.2 Å². The Kier molecular flexibility index (Phi) is 5.49. The fourth-order valence-electron chi connectivity index (χ4n) is 4.06. The van der Waals surface area contributed by atoms with Crippen molar-refractivity contribution in [1.29, 1.82) is 0 Å². The maximum atomic E-state index is 12.5. The molecule has 4 N–H and O–H groups in total. The number of carbonyl (C=O) groups is 2. The Morgan fingerprint density at radius 2 is 1.68 bits per heavy atom. The summed E-state index contributed by atoms with van der Waals surface area (Å²) in [7, 11) is 0. The minimum atomic E-state index is -0.516. The Labute approximate surface area is 153 Å². The Morgan fingerprint density at radius 3 is 2.24 bits per heavy atom. The number of amides is 3. The van der Waals surface area contributed by atoms with E-state index >= 15 is 0 Å². The van der Waals surface area contributed by atoms with E-state index in [0.717, 1.165) is 25.9 Å². The molecule has 2 fully saturated rings. The average Bonchev–Trinajstić information content (AvgIpc) is 2.64. The van der Waals surface area contributed by atoms with Crippen molar-refractivity contribution in [2.75, 3.05) is 31.5 Å². The van der Waals surface area contributed by atoms with Gasteiger partial charge in [0.2, 0.25) is 0 Å². The molecular formula is C18H26ClN4O2+. The van der Waals surface area contributed by atoms with Crippen LogP contribution in [0, 0.1) is 0 Å². The van der Waals surface area contributed by atoms with Crippen LogP contribution in [0.3, 0.4) is 0 Å². The molecule has 2 saturated heterocycles. The number of nitrogens with one attached hydrogen (secondary N) is 2. The summed E-state index contributed by atoms with van der Waals surface area (Å²) >= 11 is 5.86. The number of nitrogens with two attached hydrogens (primary N) is 1. The molecule has 1 aromatic rings. The lowest BCUT2D eigenvalue weighted by molar-refractivity contribution is -0.948. The number of urea groups is 1. The van der Waals surface area contributed by atoms with Crippen molar-refractivity contribution < 1.29 is 14.5 Å². The maximum Gasteiger partial charge on any atom is 0.321 e. The van der Waals surface area contributed by atoms with Crippen LogP contribution in [-0.4, -0.2) is 48.6 Å². The second kappa shape index (κ2) is 7.62. The van der Waals surface area contributed by atoms with Crippen LogP contribution in [0.1, 0.15) is 32.1 Å². The quantitative estimate of drug-likeness (QED) is 0.754. The van der Waals surface area contributed by atoms with E-state index in [4.69, 9.17) is 17.3 Å². The summed E-state index contributed by atoms with van der Waals surface area (Å²) < 4.78 is 0. The van der Waals surface area contributed by atoms with Crippen molar-refractivity contribution in [1.82, 2.24) is 4.90 Å². The number of nitrogens with zero attached hydrogens (tertiary/aromatic N) is 1. The van der Waals surface area contributed by atoms with Crippen LogP contribution in [-0.2, 0) is 4.79 Å². The highest BCUT2D eigenvalue weighted by Gasteiger charge is 2.49. The largest absolute Gasteiger partial charge is 0.364 e. The van der Waals surface area contributed by atoms with E-state index in [-0.39, 0.29) is 11.9 Å². The van der Waals surface area contributed by atoms with E-state index in [0.29, 0.717) is 36.6 Å². The van der Waals surface area contributed by atoms with Crippen LogP contribution in [0.4, 0.5) is 10.5 Å². The smallest absolute Gasteiger partial charge is 0.321 e. The summed E-state index contributed by atoms with van der Waals surface area (Å²) in [5, 5.41) is 3.51. The van der Waals surface area contributed by atoms with Gasteiger partial charge in [-0.2, -0.15) is 0 Å². The molecule has 1 aromatic carbocycles. The zero-order chi connectivity index (χ0) is 17.9. The normalized spacial score (nSPS) is 20.9. The Hall–Kier alpha value is -1.79. The number of rotatable bonds is 3. The lowest BCUT2D eigenvalue weighted by atomic mass is 9.83. The molecular weight excluding hydrogens is 340 g/mol. The highest BCUT2D eigenvalue weighted by Crippen LogP contribution is 2.22. The Balaban J connectivity index is 1.62. The van der Waals surface area contributed by atoms with Gasteiger partial charge in [0.05, 0.1) is 13.1 Å². The molecule has 0 spiro atoms. The number of piperidine rings is 2. The Morgan fingerprint density at radius 1 is 1.08 bits per heavy atom. The first-order chi connectivity index (χ1) is 12.0. The molecule has 6 nitrogen and oxygen atoms in total.